The van der Waals surface area contributed by atoms with Crippen LogP contribution >= 0.6 is 11.6 Å². The molecule has 1 fully saturated rings. The molecule has 17 heavy (non-hydrogen) atoms. The summed E-state index contributed by atoms with van der Waals surface area (Å²) in [5.41, 5.74) is 0. The molecule has 3 nitrogen and oxygen atoms in total. The third-order valence-corrected chi connectivity index (χ3v) is 3.24. The van der Waals surface area contributed by atoms with Crippen molar-refractivity contribution in [1.82, 2.24) is 4.98 Å². The summed E-state index contributed by atoms with van der Waals surface area (Å²) < 4.78 is 13.8. The van der Waals surface area contributed by atoms with Crippen LogP contribution in [0.15, 0.2) is 12.3 Å². The number of pyridine rings is 1. The van der Waals surface area contributed by atoms with E-state index < -0.39 is 5.82 Å². The molecule has 1 aromatic rings. The molecule has 1 aliphatic heterocycles. The van der Waals surface area contributed by atoms with E-state index in [-0.39, 0.29) is 22.7 Å². The van der Waals surface area contributed by atoms with Gasteiger partial charge in [-0.1, -0.05) is 11.6 Å². The fourth-order valence-corrected chi connectivity index (χ4v) is 2.37. The molecular formula is C12H14ClFN2O. The largest absolute Gasteiger partial charge is 0.344 e. The zero-order valence-corrected chi connectivity index (χ0v) is 10.4. The third-order valence-electron chi connectivity index (χ3n) is 3.03. The first-order valence-electron chi connectivity index (χ1n) is 5.67. The van der Waals surface area contributed by atoms with E-state index in [2.05, 4.69) is 4.98 Å². The molecule has 0 saturated carbocycles. The highest BCUT2D eigenvalue weighted by Crippen LogP contribution is 2.27. The minimum Gasteiger partial charge on any atom is -0.344 e. The van der Waals surface area contributed by atoms with Crippen molar-refractivity contribution in [2.24, 2.45) is 0 Å². The Labute approximate surface area is 105 Å². The lowest BCUT2D eigenvalue weighted by atomic mass is 9.99. The number of piperidine rings is 1. The molecule has 2 heterocycles. The number of rotatable bonds is 2. The van der Waals surface area contributed by atoms with Gasteiger partial charge < -0.3 is 4.90 Å². The minimum atomic E-state index is -0.467. The Bertz CT molecular complexity index is 439. The Kier molecular flexibility index (Phi) is 3.62. The summed E-state index contributed by atoms with van der Waals surface area (Å²) in [7, 11) is 0. The maximum atomic E-state index is 13.8. The van der Waals surface area contributed by atoms with E-state index in [1.165, 1.54) is 19.2 Å². The number of hydrogen-bond acceptors (Lipinski definition) is 3. The average Bonchev–Trinajstić information content (AvgIpc) is 2.29. The monoisotopic (exact) mass is 256 g/mol. The maximum Gasteiger partial charge on any atom is 0.167 e. The lowest BCUT2D eigenvalue weighted by Crippen LogP contribution is -2.44. The maximum absolute atomic E-state index is 13.8. The average molecular weight is 257 g/mol. The van der Waals surface area contributed by atoms with E-state index in [9.17, 15) is 9.18 Å². The van der Waals surface area contributed by atoms with Gasteiger partial charge in [0.25, 0.3) is 0 Å². The van der Waals surface area contributed by atoms with Gasteiger partial charge in [0.1, 0.15) is 0 Å². The third kappa shape index (κ3) is 2.57. The van der Waals surface area contributed by atoms with Gasteiger partial charge in [0.05, 0.1) is 11.1 Å². The molecule has 1 atom stereocenters. The van der Waals surface area contributed by atoms with Crippen molar-refractivity contribution >= 4 is 23.2 Å². The second-order valence-corrected chi connectivity index (χ2v) is 4.71. The summed E-state index contributed by atoms with van der Waals surface area (Å²) in [4.78, 5) is 17.3. The molecule has 0 aromatic carbocycles. The van der Waals surface area contributed by atoms with Crippen molar-refractivity contribution in [3.63, 3.8) is 0 Å². The van der Waals surface area contributed by atoms with Crippen LogP contribution in [0.4, 0.5) is 10.2 Å². The molecule has 0 N–H and O–H groups in total. The molecule has 1 aromatic heterocycles. The summed E-state index contributed by atoms with van der Waals surface area (Å²) in [6.07, 6.45) is 4.12. The van der Waals surface area contributed by atoms with Crippen LogP contribution in [0.2, 0.25) is 5.02 Å². The lowest BCUT2D eigenvalue weighted by Gasteiger charge is -2.35. The smallest absolute Gasteiger partial charge is 0.167 e. The fourth-order valence-electron chi connectivity index (χ4n) is 2.23. The summed E-state index contributed by atoms with van der Waals surface area (Å²) in [5.74, 6) is -0.180. The van der Waals surface area contributed by atoms with Crippen LogP contribution in [-0.4, -0.2) is 23.4 Å². The predicted molar refractivity (Wildman–Crippen MR) is 64.9 cm³/mol. The number of aromatic nitrogens is 1. The molecule has 1 saturated heterocycles. The SMILES string of the molecule is CC(=O)C1CCCCN1c1ncc(Cl)cc1F. The van der Waals surface area contributed by atoms with Crippen LogP contribution in [0.1, 0.15) is 26.2 Å². The summed E-state index contributed by atoms with van der Waals surface area (Å²) in [6, 6.07) is 0.974. The number of nitrogens with zero attached hydrogens (tertiary/aromatic N) is 2. The van der Waals surface area contributed by atoms with Crippen molar-refractivity contribution in [2.45, 2.75) is 32.2 Å². The van der Waals surface area contributed by atoms with E-state index >= 15 is 0 Å². The van der Waals surface area contributed by atoms with E-state index in [0.29, 0.717) is 6.54 Å². The molecule has 1 unspecified atom stereocenters. The van der Waals surface area contributed by atoms with Crippen molar-refractivity contribution in [2.75, 3.05) is 11.4 Å². The first-order chi connectivity index (χ1) is 8.09. The molecule has 0 aliphatic carbocycles. The van der Waals surface area contributed by atoms with E-state index in [4.69, 9.17) is 11.6 Å². The van der Waals surface area contributed by atoms with Gasteiger partial charge in [0, 0.05) is 12.7 Å². The molecule has 5 heteroatoms. The molecule has 0 spiro atoms. The van der Waals surface area contributed by atoms with Crippen molar-refractivity contribution in [3.8, 4) is 0 Å². The predicted octanol–water partition coefficient (Wildman–Crippen LogP) is 2.82. The van der Waals surface area contributed by atoms with Gasteiger partial charge in [-0.05, 0) is 32.3 Å². The van der Waals surface area contributed by atoms with Crippen molar-refractivity contribution in [1.29, 1.82) is 0 Å². The molecule has 92 valence electrons. The summed E-state index contributed by atoms with van der Waals surface area (Å²) in [5, 5.41) is 0.266. The molecule has 0 bridgehead atoms. The van der Waals surface area contributed by atoms with Gasteiger partial charge in [0.2, 0.25) is 0 Å². The van der Waals surface area contributed by atoms with Crippen molar-refractivity contribution < 1.29 is 9.18 Å². The summed E-state index contributed by atoms with van der Waals surface area (Å²) >= 11 is 5.67. The van der Waals surface area contributed by atoms with Gasteiger partial charge in [0.15, 0.2) is 17.4 Å². The molecule has 1 aliphatic rings. The quantitative estimate of drug-likeness (QED) is 0.816. The summed E-state index contributed by atoms with van der Waals surface area (Å²) in [6.45, 7) is 2.20. The highest BCUT2D eigenvalue weighted by molar-refractivity contribution is 6.30. The minimum absolute atomic E-state index is 0.0563. The van der Waals surface area contributed by atoms with E-state index in [1.54, 1.807) is 4.90 Å². The number of carbonyl (C=O) groups excluding carboxylic acids is 1. The van der Waals surface area contributed by atoms with Crippen LogP contribution in [0.25, 0.3) is 0 Å². The zero-order valence-electron chi connectivity index (χ0n) is 9.62. The van der Waals surface area contributed by atoms with Gasteiger partial charge in [-0.25, -0.2) is 9.37 Å². The van der Waals surface area contributed by atoms with Gasteiger partial charge in [-0.2, -0.15) is 0 Å². The Hall–Kier alpha value is -1.16. The first-order valence-corrected chi connectivity index (χ1v) is 6.05. The Balaban J connectivity index is 2.32. The van der Waals surface area contributed by atoms with Crippen LogP contribution < -0.4 is 4.90 Å². The number of halogens is 2. The van der Waals surface area contributed by atoms with Gasteiger partial charge >= 0.3 is 0 Å². The standard InChI is InChI=1S/C12H14ClFN2O/c1-8(17)11-4-2-3-5-16(11)12-10(14)6-9(13)7-15-12/h6-7,11H,2-5H2,1H3. The molecule has 2 rings (SSSR count). The first kappa shape index (κ1) is 12.3. The number of ketones is 1. The van der Waals surface area contributed by atoms with Gasteiger partial charge in [-0.15, -0.1) is 0 Å². The van der Waals surface area contributed by atoms with Crippen LogP contribution in [0, 0.1) is 5.82 Å². The molecule has 0 amide bonds. The number of carbonyl (C=O) groups is 1. The molecular weight excluding hydrogens is 243 g/mol. The Morgan fingerprint density at radius 3 is 3.00 bits per heavy atom. The highest BCUT2D eigenvalue weighted by Gasteiger charge is 2.28. The van der Waals surface area contributed by atoms with Crippen LogP contribution in [0.5, 0.6) is 0 Å². The topological polar surface area (TPSA) is 33.2 Å². The Morgan fingerprint density at radius 1 is 1.59 bits per heavy atom. The lowest BCUT2D eigenvalue weighted by molar-refractivity contribution is -0.118. The Morgan fingerprint density at radius 2 is 2.35 bits per heavy atom. The normalized spacial score (nSPS) is 20.4. The van der Waals surface area contributed by atoms with Crippen molar-refractivity contribution in [3.05, 3.63) is 23.1 Å². The van der Waals surface area contributed by atoms with Crippen LogP contribution in [0.3, 0.4) is 0 Å². The number of Topliss-reactive ketones (excluding diaryl/α,β-unsaturated/α-hetero) is 1. The fraction of sp³-hybridized carbons (Fsp3) is 0.500. The number of anilines is 1. The molecule has 0 radical (unpaired) electrons. The second kappa shape index (κ2) is 5.00. The van der Waals surface area contributed by atoms with Gasteiger partial charge in [-0.3, -0.25) is 4.79 Å². The van der Waals surface area contributed by atoms with E-state index in [0.717, 1.165) is 19.3 Å². The second-order valence-electron chi connectivity index (χ2n) is 4.27. The highest BCUT2D eigenvalue weighted by atomic mass is 35.5. The van der Waals surface area contributed by atoms with E-state index in [1.807, 2.05) is 0 Å². The number of hydrogen-bond donors (Lipinski definition) is 0. The van der Waals surface area contributed by atoms with Crippen LogP contribution in [-0.2, 0) is 4.79 Å². The zero-order chi connectivity index (χ0) is 12.4.